The van der Waals surface area contributed by atoms with Crippen LogP contribution in [0, 0.1) is 23.7 Å². The Labute approximate surface area is 81.0 Å². The van der Waals surface area contributed by atoms with Crippen molar-refractivity contribution in [1.82, 2.24) is 0 Å². The first-order chi connectivity index (χ1) is 6.20. The minimum Gasteiger partial charge on any atom is -0.0988 e. The van der Waals surface area contributed by atoms with Gasteiger partial charge in [-0.25, -0.2) is 0 Å². The maximum absolute atomic E-state index is 3.91. The molecule has 1 fully saturated rings. The predicted octanol–water partition coefficient (Wildman–Crippen LogP) is 3.58. The molecule has 0 N–H and O–H groups in total. The van der Waals surface area contributed by atoms with E-state index < -0.39 is 0 Å². The van der Waals surface area contributed by atoms with E-state index in [1.54, 1.807) is 0 Å². The summed E-state index contributed by atoms with van der Waals surface area (Å²) in [7, 11) is 0. The van der Waals surface area contributed by atoms with Gasteiger partial charge in [0, 0.05) is 0 Å². The quantitative estimate of drug-likeness (QED) is 0.600. The zero-order chi connectivity index (χ0) is 9.59. The van der Waals surface area contributed by atoms with E-state index in [1.807, 2.05) is 12.2 Å². The van der Waals surface area contributed by atoms with Crippen LogP contribution in [0.3, 0.4) is 0 Å². The summed E-state index contributed by atoms with van der Waals surface area (Å²) in [6.07, 6.45) is 5.43. The van der Waals surface area contributed by atoms with Crippen molar-refractivity contribution >= 4 is 0 Å². The lowest BCUT2D eigenvalue weighted by Crippen LogP contribution is -2.18. The van der Waals surface area contributed by atoms with Crippen LogP contribution in [0.25, 0.3) is 0 Å². The zero-order valence-electron chi connectivity index (χ0n) is 8.59. The minimum absolute atomic E-state index is 0.769. The Balaban J connectivity index is 2.44. The van der Waals surface area contributed by atoms with Crippen molar-refractivity contribution < 1.29 is 0 Å². The smallest absolute Gasteiger partial charge is 0.0125 e. The van der Waals surface area contributed by atoms with E-state index >= 15 is 0 Å². The molecular weight excluding hydrogens is 156 g/mol. The second-order valence-electron chi connectivity index (χ2n) is 4.49. The van der Waals surface area contributed by atoms with Crippen molar-refractivity contribution in [2.45, 2.75) is 20.3 Å². The monoisotopic (exact) mass is 174 g/mol. The predicted molar refractivity (Wildman–Crippen MR) is 57.3 cm³/mol. The first kappa shape index (κ1) is 8.80. The molecule has 0 heterocycles. The molecule has 2 aliphatic rings. The number of hydrogen-bond donors (Lipinski definition) is 0. The van der Waals surface area contributed by atoms with Crippen LogP contribution in [-0.4, -0.2) is 0 Å². The molecule has 0 heteroatoms. The average molecular weight is 174 g/mol. The molecule has 2 bridgehead atoms. The topological polar surface area (TPSA) is 0 Å². The van der Waals surface area contributed by atoms with Crippen LogP contribution in [0.15, 0.2) is 36.5 Å². The summed E-state index contributed by atoms with van der Waals surface area (Å²) in [5.74, 6) is 3.21. The van der Waals surface area contributed by atoms with Gasteiger partial charge in [0.2, 0.25) is 0 Å². The normalized spacial score (nSPS) is 42.6. The highest BCUT2D eigenvalue weighted by Crippen LogP contribution is 2.55. The fraction of sp³-hybridized carbons (Fsp3) is 0.538. The SMILES string of the molecule is C=CC1=C(C=C)C2CC1C(C)C2C. The van der Waals surface area contributed by atoms with E-state index in [1.165, 1.54) is 17.6 Å². The van der Waals surface area contributed by atoms with Gasteiger partial charge in [-0.2, -0.15) is 0 Å². The largest absolute Gasteiger partial charge is 0.0988 e. The molecule has 2 rings (SSSR count). The third-order valence-corrected chi connectivity index (χ3v) is 4.18. The second kappa shape index (κ2) is 2.87. The number of hydrogen-bond acceptors (Lipinski definition) is 0. The van der Waals surface area contributed by atoms with Crippen LogP contribution in [0.4, 0.5) is 0 Å². The van der Waals surface area contributed by atoms with E-state index in [4.69, 9.17) is 0 Å². The molecule has 0 spiro atoms. The summed E-state index contributed by atoms with van der Waals surface area (Å²) in [6, 6.07) is 0. The third kappa shape index (κ3) is 0.979. The molecular formula is C13H18. The van der Waals surface area contributed by atoms with Gasteiger partial charge in [0.05, 0.1) is 0 Å². The highest BCUT2D eigenvalue weighted by Gasteiger charge is 2.46. The van der Waals surface area contributed by atoms with Crippen LogP contribution in [0.2, 0.25) is 0 Å². The van der Waals surface area contributed by atoms with Gasteiger partial charge in [-0.15, -0.1) is 0 Å². The lowest BCUT2D eigenvalue weighted by atomic mass is 9.78. The Morgan fingerprint density at radius 2 is 1.38 bits per heavy atom. The summed E-state index contributed by atoms with van der Waals surface area (Å²) in [6.45, 7) is 12.6. The maximum atomic E-state index is 3.91. The molecule has 0 aromatic heterocycles. The molecule has 13 heavy (non-hydrogen) atoms. The number of fused-ring (bicyclic) bond motifs is 2. The molecule has 0 nitrogen and oxygen atoms in total. The highest BCUT2D eigenvalue weighted by molar-refractivity contribution is 5.43. The number of allylic oxidation sites excluding steroid dienone is 4. The van der Waals surface area contributed by atoms with Crippen molar-refractivity contribution in [3.8, 4) is 0 Å². The molecule has 0 aliphatic heterocycles. The summed E-state index contributed by atoms with van der Waals surface area (Å²) in [5.41, 5.74) is 2.95. The van der Waals surface area contributed by atoms with Crippen molar-refractivity contribution in [2.75, 3.05) is 0 Å². The van der Waals surface area contributed by atoms with Gasteiger partial charge < -0.3 is 0 Å². The van der Waals surface area contributed by atoms with Crippen LogP contribution < -0.4 is 0 Å². The van der Waals surface area contributed by atoms with Crippen molar-refractivity contribution in [1.29, 1.82) is 0 Å². The second-order valence-corrected chi connectivity index (χ2v) is 4.49. The van der Waals surface area contributed by atoms with E-state index in [-0.39, 0.29) is 0 Å². The first-order valence-electron chi connectivity index (χ1n) is 5.19. The lowest BCUT2D eigenvalue weighted by molar-refractivity contribution is 0.350. The van der Waals surface area contributed by atoms with E-state index in [0.717, 1.165) is 23.7 Å². The molecule has 70 valence electrons. The molecule has 4 atom stereocenters. The summed E-state index contributed by atoms with van der Waals surface area (Å²) >= 11 is 0. The van der Waals surface area contributed by atoms with Gasteiger partial charge >= 0.3 is 0 Å². The van der Waals surface area contributed by atoms with E-state index in [9.17, 15) is 0 Å². The molecule has 0 radical (unpaired) electrons. The lowest BCUT2D eigenvalue weighted by Gasteiger charge is -2.27. The van der Waals surface area contributed by atoms with Crippen LogP contribution in [-0.2, 0) is 0 Å². The molecule has 4 unspecified atom stereocenters. The van der Waals surface area contributed by atoms with Gasteiger partial charge in [-0.1, -0.05) is 39.2 Å². The van der Waals surface area contributed by atoms with E-state index in [2.05, 4.69) is 27.0 Å². The standard InChI is InChI=1S/C13H18/c1-5-10-11(6-2)13-7-12(10)8(3)9(13)4/h5-6,8-9,12-13H,1-2,7H2,3-4H3. The molecule has 0 saturated heterocycles. The summed E-state index contributed by atoms with van der Waals surface area (Å²) in [5, 5.41) is 0. The first-order valence-corrected chi connectivity index (χ1v) is 5.19. The zero-order valence-corrected chi connectivity index (χ0v) is 8.59. The average Bonchev–Trinajstić information content (AvgIpc) is 2.63. The highest BCUT2D eigenvalue weighted by atomic mass is 14.5. The Morgan fingerprint density at radius 1 is 1.00 bits per heavy atom. The van der Waals surface area contributed by atoms with Gasteiger partial charge in [0.1, 0.15) is 0 Å². The third-order valence-electron chi connectivity index (χ3n) is 4.18. The Hall–Kier alpha value is -0.780. The van der Waals surface area contributed by atoms with Gasteiger partial charge in [-0.3, -0.25) is 0 Å². The number of rotatable bonds is 2. The van der Waals surface area contributed by atoms with Gasteiger partial charge in [0.25, 0.3) is 0 Å². The summed E-state index contributed by atoms with van der Waals surface area (Å²) in [4.78, 5) is 0. The molecule has 0 amide bonds. The molecule has 2 aliphatic carbocycles. The fourth-order valence-corrected chi connectivity index (χ4v) is 3.22. The van der Waals surface area contributed by atoms with Gasteiger partial charge in [-0.05, 0) is 41.2 Å². The molecule has 1 saturated carbocycles. The van der Waals surface area contributed by atoms with Crippen LogP contribution in [0.1, 0.15) is 20.3 Å². The van der Waals surface area contributed by atoms with Crippen LogP contribution >= 0.6 is 0 Å². The Kier molecular flexibility index (Phi) is 1.94. The van der Waals surface area contributed by atoms with Crippen molar-refractivity contribution in [3.63, 3.8) is 0 Å². The Morgan fingerprint density at radius 3 is 1.69 bits per heavy atom. The fourth-order valence-electron chi connectivity index (χ4n) is 3.22. The molecule has 0 aromatic carbocycles. The van der Waals surface area contributed by atoms with Crippen molar-refractivity contribution in [2.24, 2.45) is 23.7 Å². The van der Waals surface area contributed by atoms with Crippen molar-refractivity contribution in [3.05, 3.63) is 36.5 Å². The van der Waals surface area contributed by atoms with Crippen LogP contribution in [0.5, 0.6) is 0 Å². The van der Waals surface area contributed by atoms with Gasteiger partial charge in [0.15, 0.2) is 0 Å². The van der Waals surface area contributed by atoms with E-state index in [0.29, 0.717) is 0 Å². The summed E-state index contributed by atoms with van der Waals surface area (Å²) < 4.78 is 0. The molecule has 0 aromatic rings. The minimum atomic E-state index is 0.769. The maximum Gasteiger partial charge on any atom is -0.0125 e. The Bertz CT molecular complexity index is 254.